The van der Waals surface area contributed by atoms with E-state index in [1.807, 2.05) is 0 Å². The molecule has 2 N–H and O–H groups in total. The Balaban J connectivity index is 2.07. The number of nitrogens with zero attached hydrogens (tertiary/aromatic N) is 2. The molecule has 2 aliphatic carbocycles. The lowest BCUT2D eigenvalue weighted by Crippen LogP contribution is -2.39. The molecule has 0 saturated heterocycles. The smallest absolute Gasteiger partial charge is 0.0632 e. The van der Waals surface area contributed by atoms with Crippen LogP contribution in [-0.2, 0) is 0 Å². The van der Waals surface area contributed by atoms with Gasteiger partial charge >= 0.3 is 0 Å². The maximum absolute atomic E-state index is 5.54. The summed E-state index contributed by atoms with van der Waals surface area (Å²) in [5.74, 6) is 5.54. The Morgan fingerprint density at radius 1 is 1.16 bits per heavy atom. The predicted molar refractivity (Wildman–Crippen MR) is 82.3 cm³/mol. The lowest BCUT2D eigenvalue weighted by molar-refractivity contribution is 0.179. The van der Waals surface area contributed by atoms with Crippen LogP contribution in [0.15, 0.2) is 16.2 Å². The van der Waals surface area contributed by atoms with Crippen molar-refractivity contribution in [3.05, 3.63) is 11.1 Å². The molecule has 0 aromatic carbocycles. The van der Waals surface area contributed by atoms with Gasteiger partial charge in [0.1, 0.15) is 0 Å². The van der Waals surface area contributed by atoms with Gasteiger partial charge in [-0.15, -0.1) is 0 Å². The molecule has 1 unspecified atom stereocenters. The van der Waals surface area contributed by atoms with Crippen molar-refractivity contribution in [2.75, 3.05) is 13.1 Å². The quantitative estimate of drug-likeness (QED) is 0.609. The van der Waals surface area contributed by atoms with E-state index < -0.39 is 0 Å². The normalized spacial score (nSPS) is 26.1. The van der Waals surface area contributed by atoms with Gasteiger partial charge in [-0.25, -0.2) is 0 Å². The zero-order valence-corrected chi connectivity index (χ0v) is 12.6. The van der Waals surface area contributed by atoms with Crippen molar-refractivity contribution in [3.8, 4) is 0 Å². The molecule has 0 heterocycles. The fourth-order valence-electron chi connectivity index (χ4n) is 3.72. The number of hydrazone groups is 1. The third-order valence-corrected chi connectivity index (χ3v) is 4.57. The number of allylic oxidation sites excluding steroid dienone is 1. The van der Waals surface area contributed by atoms with Gasteiger partial charge in [0.05, 0.1) is 5.71 Å². The Morgan fingerprint density at radius 2 is 1.89 bits per heavy atom. The van der Waals surface area contributed by atoms with Crippen molar-refractivity contribution in [1.82, 2.24) is 4.90 Å². The van der Waals surface area contributed by atoms with Crippen LogP contribution in [0, 0.1) is 0 Å². The Labute approximate surface area is 117 Å². The highest BCUT2D eigenvalue weighted by atomic mass is 15.2. The molecule has 108 valence electrons. The van der Waals surface area contributed by atoms with Crippen molar-refractivity contribution in [2.24, 2.45) is 10.9 Å². The minimum absolute atomic E-state index is 0.760. The Kier molecular flexibility index (Phi) is 5.44. The number of rotatable bonds is 5. The van der Waals surface area contributed by atoms with Crippen LogP contribution in [0.3, 0.4) is 0 Å². The average molecular weight is 263 g/mol. The molecule has 2 aliphatic rings. The number of hydrogen-bond donors (Lipinski definition) is 1. The summed E-state index contributed by atoms with van der Waals surface area (Å²) in [7, 11) is 0. The van der Waals surface area contributed by atoms with Gasteiger partial charge < -0.3 is 10.7 Å². The number of hydrogen-bond acceptors (Lipinski definition) is 3. The van der Waals surface area contributed by atoms with Crippen molar-refractivity contribution in [1.29, 1.82) is 0 Å². The van der Waals surface area contributed by atoms with E-state index >= 15 is 0 Å². The first-order valence-corrected chi connectivity index (χ1v) is 8.02. The highest BCUT2D eigenvalue weighted by Crippen LogP contribution is 2.36. The van der Waals surface area contributed by atoms with Crippen LogP contribution in [0.1, 0.15) is 65.2 Å². The van der Waals surface area contributed by atoms with Crippen LogP contribution in [0.4, 0.5) is 0 Å². The highest BCUT2D eigenvalue weighted by Gasteiger charge is 2.28. The van der Waals surface area contributed by atoms with E-state index in [1.165, 1.54) is 69.3 Å². The first kappa shape index (κ1) is 14.6. The van der Waals surface area contributed by atoms with E-state index in [-0.39, 0.29) is 0 Å². The molecule has 0 aromatic heterocycles. The zero-order valence-electron chi connectivity index (χ0n) is 12.6. The third kappa shape index (κ3) is 3.38. The second kappa shape index (κ2) is 7.09. The molecule has 2 rings (SSSR count). The third-order valence-electron chi connectivity index (χ3n) is 4.57. The van der Waals surface area contributed by atoms with Gasteiger partial charge in [0.25, 0.3) is 0 Å². The van der Waals surface area contributed by atoms with Gasteiger partial charge in [-0.3, -0.25) is 0 Å². The van der Waals surface area contributed by atoms with Crippen molar-refractivity contribution in [3.63, 3.8) is 0 Å². The maximum atomic E-state index is 5.54. The molecule has 3 heteroatoms. The topological polar surface area (TPSA) is 41.6 Å². The average Bonchev–Trinajstić information content (AvgIpc) is 2.45. The summed E-state index contributed by atoms with van der Waals surface area (Å²) in [5, 5.41) is 4.02. The molecule has 0 radical (unpaired) electrons. The van der Waals surface area contributed by atoms with Gasteiger partial charge in [-0.2, -0.15) is 5.10 Å². The molecule has 0 saturated carbocycles. The Bertz CT molecular complexity index is 351. The van der Waals surface area contributed by atoms with E-state index in [2.05, 4.69) is 23.8 Å². The fraction of sp³-hybridized carbons (Fsp3) is 0.812. The molecular formula is C16H29N3. The first-order valence-electron chi connectivity index (χ1n) is 8.02. The van der Waals surface area contributed by atoms with Crippen LogP contribution >= 0.6 is 0 Å². The monoisotopic (exact) mass is 263 g/mol. The van der Waals surface area contributed by atoms with E-state index in [0.29, 0.717) is 0 Å². The molecule has 0 spiro atoms. The summed E-state index contributed by atoms with van der Waals surface area (Å²) in [6, 6.07) is 0.760. The fourth-order valence-corrected chi connectivity index (χ4v) is 3.72. The van der Waals surface area contributed by atoms with Gasteiger partial charge in [0, 0.05) is 6.04 Å². The van der Waals surface area contributed by atoms with Crippen molar-refractivity contribution in [2.45, 2.75) is 71.3 Å². The van der Waals surface area contributed by atoms with E-state index in [4.69, 9.17) is 5.84 Å². The largest absolute Gasteiger partial charge is 0.323 e. The van der Waals surface area contributed by atoms with Crippen LogP contribution in [-0.4, -0.2) is 29.7 Å². The van der Waals surface area contributed by atoms with E-state index in [0.717, 1.165) is 12.5 Å². The van der Waals surface area contributed by atoms with Gasteiger partial charge in [-0.1, -0.05) is 19.4 Å². The summed E-state index contributed by atoms with van der Waals surface area (Å²) in [4.78, 5) is 2.71. The van der Waals surface area contributed by atoms with Gasteiger partial charge in [-0.05, 0) is 70.0 Å². The first-order chi connectivity index (χ1) is 9.30. The molecule has 0 fully saturated rings. The minimum Gasteiger partial charge on any atom is -0.323 e. The molecule has 1 atom stereocenters. The molecule has 0 aromatic rings. The molecule has 3 nitrogen and oxygen atoms in total. The second-order valence-electron chi connectivity index (χ2n) is 5.94. The highest BCUT2D eigenvalue weighted by molar-refractivity contribution is 6.01. The molecule has 19 heavy (non-hydrogen) atoms. The standard InChI is InChI=1S/C16H29N3/c1-3-10-19(11-4-2)14-8-9-15-13(12-14)6-5-7-16(15)18-17/h14H,3-12,17H2,1-2H3. The second-order valence-corrected chi connectivity index (χ2v) is 5.94. The Morgan fingerprint density at radius 3 is 2.53 bits per heavy atom. The molecular weight excluding hydrogens is 234 g/mol. The molecule has 0 aliphatic heterocycles. The van der Waals surface area contributed by atoms with Crippen LogP contribution in [0.25, 0.3) is 0 Å². The lowest BCUT2D eigenvalue weighted by atomic mass is 9.78. The molecule has 0 amide bonds. The van der Waals surface area contributed by atoms with Crippen molar-refractivity contribution < 1.29 is 0 Å². The van der Waals surface area contributed by atoms with Gasteiger partial charge in [0.2, 0.25) is 0 Å². The van der Waals surface area contributed by atoms with E-state index in [1.54, 1.807) is 5.57 Å². The van der Waals surface area contributed by atoms with Crippen LogP contribution in [0.2, 0.25) is 0 Å². The summed E-state index contributed by atoms with van der Waals surface area (Å²) in [6.07, 6.45) is 9.87. The van der Waals surface area contributed by atoms with Gasteiger partial charge in [0.15, 0.2) is 0 Å². The van der Waals surface area contributed by atoms with E-state index in [9.17, 15) is 0 Å². The summed E-state index contributed by atoms with van der Waals surface area (Å²) >= 11 is 0. The van der Waals surface area contributed by atoms with Crippen LogP contribution < -0.4 is 5.84 Å². The SMILES string of the molecule is CCCN(CCC)C1CCC2=C(CCCC2=NN)C1. The number of nitrogens with two attached hydrogens (primary N) is 1. The predicted octanol–water partition coefficient (Wildman–Crippen LogP) is 3.46. The summed E-state index contributed by atoms with van der Waals surface area (Å²) < 4.78 is 0. The Hall–Kier alpha value is -0.830. The van der Waals surface area contributed by atoms with Crippen molar-refractivity contribution >= 4 is 5.71 Å². The minimum atomic E-state index is 0.760. The van der Waals surface area contributed by atoms with Crippen LogP contribution in [0.5, 0.6) is 0 Å². The molecule has 0 bridgehead atoms. The summed E-state index contributed by atoms with van der Waals surface area (Å²) in [5.41, 5.74) is 4.36. The lowest BCUT2D eigenvalue weighted by Gasteiger charge is -2.37. The maximum Gasteiger partial charge on any atom is 0.0632 e. The summed E-state index contributed by atoms with van der Waals surface area (Å²) in [6.45, 7) is 7.07. The zero-order chi connectivity index (χ0) is 13.7.